The largest absolute Gasteiger partial charge is 0.512 e. The van der Waals surface area contributed by atoms with Gasteiger partial charge in [0, 0.05) is 54.3 Å². The zero-order chi connectivity index (χ0) is 38.2. The molecule has 5 rings (SSSR count). The van der Waals surface area contributed by atoms with Crippen LogP contribution in [0.3, 0.4) is 0 Å². The van der Waals surface area contributed by atoms with E-state index in [0.717, 1.165) is 70.5 Å². The Morgan fingerprint density at radius 2 is 1.46 bits per heavy atom. The van der Waals surface area contributed by atoms with Crippen molar-refractivity contribution in [1.82, 2.24) is 4.98 Å². The second-order valence-corrected chi connectivity index (χ2v) is 16.5. The van der Waals surface area contributed by atoms with Gasteiger partial charge in [-0.3, -0.25) is 9.78 Å². The first kappa shape index (κ1) is 43.2. The Morgan fingerprint density at radius 3 is 2.02 bits per heavy atom. The van der Waals surface area contributed by atoms with Crippen LogP contribution in [0.5, 0.6) is 11.5 Å². The molecule has 0 aliphatic carbocycles. The first-order valence-electron chi connectivity index (χ1n) is 18.2. The van der Waals surface area contributed by atoms with Gasteiger partial charge in [-0.05, 0) is 67.0 Å². The Bertz CT molecular complexity index is 1930. The number of allylic oxidation sites excluding steroid dienone is 2. The zero-order valence-corrected chi connectivity index (χ0v) is 35.0. The average molecular weight is 895 g/mol. The van der Waals surface area contributed by atoms with Gasteiger partial charge in [0.25, 0.3) is 0 Å². The van der Waals surface area contributed by atoms with E-state index in [0.29, 0.717) is 17.1 Å². The minimum Gasteiger partial charge on any atom is -0.512 e. The van der Waals surface area contributed by atoms with Crippen molar-refractivity contribution < 1.29 is 47.9 Å². The molecule has 285 valence electrons. The molecule has 1 aliphatic rings. The number of nitrogens with zero attached hydrogens (tertiary/aromatic N) is 1. The maximum absolute atomic E-state index is 13.6. The second-order valence-electron chi connectivity index (χ2n) is 16.5. The molecule has 8 heteroatoms. The summed E-state index contributed by atoms with van der Waals surface area (Å²) in [6.07, 6.45) is 2.80. The van der Waals surface area contributed by atoms with Crippen LogP contribution in [-0.4, -0.2) is 22.1 Å². The fraction of sp³-hybridized carbons (Fsp3) is 0.500. The number of ether oxygens (including phenoxy) is 1. The zero-order valence-electron chi connectivity index (χ0n) is 32.6. The molecular weight excluding hydrogens is 840 g/mol. The number of fused-ring (bicyclic) bond motifs is 3. The molecule has 0 atom stereocenters. The summed E-state index contributed by atoms with van der Waals surface area (Å²) in [4.78, 5) is 16.9. The molecule has 0 bridgehead atoms. The van der Waals surface area contributed by atoms with Crippen LogP contribution < -0.4 is 4.74 Å². The number of benzene rings is 3. The van der Waals surface area contributed by atoms with Gasteiger partial charge >= 0.3 is 6.18 Å². The molecule has 0 unspecified atom stereocenters. The van der Waals surface area contributed by atoms with Crippen molar-refractivity contribution in [2.24, 2.45) is 21.7 Å². The molecule has 52 heavy (non-hydrogen) atoms. The van der Waals surface area contributed by atoms with Crippen LogP contribution in [0.25, 0.3) is 32.8 Å². The molecular formula is C44H55F3IrNO3-. The molecule has 3 aromatic carbocycles. The number of rotatable bonds is 10. The maximum Gasteiger partial charge on any atom is 0.394 e. The Morgan fingerprint density at radius 1 is 0.865 bits per heavy atom. The number of alkyl halides is 3. The van der Waals surface area contributed by atoms with Gasteiger partial charge < -0.3 is 9.84 Å². The molecule has 1 N–H and O–H groups in total. The van der Waals surface area contributed by atoms with Gasteiger partial charge in [-0.1, -0.05) is 117 Å². The van der Waals surface area contributed by atoms with Gasteiger partial charge in [0.1, 0.15) is 11.5 Å². The van der Waals surface area contributed by atoms with Gasteiger partial charge in [-0.2, -0.15) is 13.2 Å². The number of aliphatic hydroxyl groups is 1. The summed E-state index contributed by atoms with van der Waals surface area (Å²) in [7, 11) is 0. The van der Waals surface area contributed by atoms with Crippen molar-refractivity contribution in [2.75, 3.05) is 0 Å². The fourth-order valence-electron chi connectivity index (χ4n) is 6.42. The van der Waals surface area contributed by atoms with Crippen LogP contribution in [0.2, 0.25) is 0 Å². The first-order chi connectivity index (χ1) is 23.6. The van der Waals surface area contributed by atoms with E-state index < -0.39 is 11.6 Å². The van der Waals surface area contributed by atoms with E-state index in [1.54, 1.807) is 12.3 Å². The van der Waals surface area contributed by atoms with Crippen molar-refractivity contribution >= 4 is 27.3 Å². The summed E-state index contributed by atoms with van der Waals surface area (Å²) in [6, 6.07) is 17.0. The molecule has 0 fully saturated rings. The first-order valence-corrected chi connectivity index (χ1v) is 18.2. The number of halogens is 3. The van der Waals surface area contributed by atoms with Crippen LogP contribution in [0, 0.1) is 27.7 Å². The minimum atomic E-state index is -4.30. The second kappa shape index (κ2) is 16.0. The van der Waals surface area contributed by atoms with E-state index in [4.69, 9.17) is 4.74 Å². The molecule has 0 spiro atoms. The molecule has 4 aromatic rings. The minimum absolute atomic E-state index is 0. The number of ketones is 1. The quantitative estimate of drug-likeness (QED) is 0.0862. The topological polar surface area (TPSA) is 59.4 Å². The van der Waals surface area contributed by atoms with Crippen LogP contribution in [0.1, 0.15) is 113 Å². The number of carbonyl (C=O) groups is 1. The number of carbonyl (C=O) groups excluding carboxylic acids is 1. The third kappa shape index (κ3) is 8.93. The SMILES string of the molecule is CC(C)(C)Cc1c2c([c-]c3ccccc13)-c1nccc3cc(CC(C)(C)C(F)(F)F)cc(c13)O2.CCC(C)(CC)C(=O)/C=C(\O)C(C)(CC)CC.[Ir]. The average Bonchev–Trinajstić information content (AvgIpc) is 3.06. The maximum atomic E-state index is 13.6. The fourth-order valence-corrected chi connectivity index (χ4v) is 6.42. The molecule has 2 heterocycles. The van der Waals surface area contributed by atoms with E-state index in [2.05, 4.69) is 37.9 Å². The van der Waals surface area contributed by atoms with E-state index in [1.165, 1.54) is 19.9 Å². The van der Waals surface area contributed by atoms with Crippen molar-refractivity contribution in [3.8, 4) is 22.8 Å². The number of aromatic nitrogens is 1. The van der Waals surface area contributed by atoms with Crippen molar-refractivity contribution in [3.63, 3.8) is 0 Å². The summed E-state index contributed by atoms with van der Waals surface area (Å²) < 4.78 is 47.3. The Labute approximate surface area is 322 Å². The van der Waals surface area contributed by atoms with Crippen molar-refractivity contribution in [1.29, 1.82) is 0 Å². The molecule has 0 saturated heterocycles. The van der Waals surface area contributed by atoms with E-state index in [1.807, 2.05) is 71.9 Å². The molecule has 1 aliphatic heterocycles. The number of pyridine rings is 1. The van der Waals surface area contributed by atoms with Gasteiger partial charge in [0.05, 0.1) is 11.2 Å². The normalized spacial score (nSPS) is 13.5. The van der Waals surface area contributed by atoms with E-state index >= 15 is 0 Å². The summed E-state index contributed by atoms with van der Waals surface area (Å²) in [5.74, 6) is 1.54. The molecule has 1 aromatic heterocycles. The van der Waals surface area contributed by atoms with Gasteiger partial charge in [-0.15, -0.1) is 17.5 Å². The van der Waals surface area contributed by atoms with Gasteiger partial charge in [-0.25, -0.2) is 0 Å². The third-order valence-electron chi connectivity index (χ3n) is 11.1. The standard InChI is InChI=1S/C29H27F3NO.C15H28O2.Ir/c1-27(2,3)16-22-20-9-7-6-8-18(20)14-21-25-24-19(10-11-33-25)12-17(13-23(24)34-26(21)22)15-28(4,5)29(30,31)32;1-7-14(5,8-2)12(16)11-13(17)15(6,9-3)10-4;/h6-13H,15-16H2,1-5H3;11,16H,7-10H2,1-6H3;/q-1;;/b;12-11-;. The molecule has 0 amide bonds. The Kier molecular flexibility index (Phi) is 13.3. The van der Waals surface area contributed by atoms with E-state index in [9.17, 15) is 23.1 Å². The smallest absolute Gasteiger partial charge is 0.394 e. The summed E-state index contributed by atoms with van der Waals surface area (Å²) in [6.45, 7) is 21.1. The van der Waals surface area contributed by atoms with E-state index in [-0.39, 0.29) is 54.3 Å². The third-order valence-corrected chi connectivity index (χ3v) is 11.1. The van der Waals surface area contributed by atoms with Crippen LogP contribution >= 0.6 is 0 Å². The van der Waals surface area contributed by atoms with Crippen molar-refractivity contribution in [2.45, 2.75) is 121 Å². The Balaban J connectivity index is 0.000000347. The summed E-state index contributed by atoms with van der Waals surface area (Å²) >= 11 is 0. The van der Waals surface area contributed by atoms with Crippen LogP contribution in [-0.2, 0) is 37.7 Å². The molecule has 4 nitrogen and oxygen atoms in total. The molecule has 0 saturated carbocycles. The number of hydrogen-bond acceptors (Lipinski definition) is 4. The predicted octanol–water partition coefficient (Wildman–Crippen LogP) is 13.3. The van der Waals surface area contributed by atoms with Crippen LogP contribution in [0.4, 0.5) is 13.2 Å². The monoisotopic (exact) mass is 895 g/mol. The van der Waals surface area contributed by atoms with Crippen molar-refractivity contribution in [3.05, 3.63) is 77.7 Å². The predicted molar refractivity (Wildman–Crippen MR) is 203 cm³/mol. The summed E-state index contributed by atoms with van der Waals surface area (Å²) in [5.41, 5.74) is 0.774. The molecule has 1 radical (unpaired) electrons. The van der Waals surface area contributed by atoms with Gasteiger partial charge in [0.2, 0.25) is 0 Å². The Hall–Kier alpha value is -3.22. The number of hydrogen-bond donors (Lipinski definition) is 1. The summed E-state index contributed by atoms with van der Waals surface area (Å²) in [5, 5.41) is 13.8. The van der Waals surface area contributed by atoms with Gasteiger partial charge in [0.15, 0.2) is 5.78 Å². The number of aliphatic hydroxyl groups excluding tert-OH is 1. The van der Waals surface area contributed by atoms with Crippen LogP contribution in [0.15, 0.2) is 60.5 Å².